The van der Waals surface area contributed by atoms with Crippen molar-refractivity contribution < 1.29 is 4.58 Å². The summed E-state index contributed by atoms with van der Waals surface area (Å²) in [5.74, 6) is 1.93. The van der Waals surface area contributed by atoms with Crippen LogP contribution in [-0.4, -0.2) is 31.8 Å². The van der Waals surface area contributed by atoms with Gasteiger partial charge in [-0.25, -0.2) is 4.58 Å². The lowest BCUT2D eigenvalue weighted by atomic mass is 10.2. The van der Waals surface area contributed by atoms with E-state index in [4.69, 9.17) is 4.98 Å². The minimum absolute atomic E-state index is 0.910. The van der Waals surface area contributed by atoms with Crippen LogP contribution >= 0.6 is 0 Å². The number of benzene rings is 2. The van der Waals surface area contributed by atoms with Gasteiger partial charge in [0.05, 0.1) is 29.8 Å². The van der Waals surface area contributed by atoms with E-state index in [1.165, 1.54) is 5.56 Å². The van der Waals surface area contributed by atoms with E-state index in [1.54, 1.807) is 0 Å². The van der Waals surface area contributed by atoms with Gasteiger partial charge in [-0.05, 0) is 37.6 Å². The second-order valence-electron chi connectivity index (χ2n) is 6.14. The summed E-state index contributed by atoms with van der Waals surface area (Å²) >= 11 is 0. The Morgan fingerprint density at radius 2 is 1.88 bits per heavy atom. The molecule has 0 unspecified atom stereocenters. The zero-order valence-electron chi connectivity index (χ0n) is 14.8. The Hall–Kier alpha value is -3.14. The van der Waals surface area contributed by atoms with Crippen molar-refractivity contribution in [3.05, 3.63) is 66.8 Å². The summed E-state index contributed by atoms with van der Waals surface area (Å²) in [4.78, 5) is 4.92. The number of nitrogens with zero attached hydrogens (tertiary/aromatic N) is 4. The number of aryl methyl sites for hydroxylation is 1. The molecule has 0 aliphatic carbocycles. The minimum Gasteiger partial charge on any atom is -0.254 e. The van der Waals surface area contributed by atoms with Gasteiger partial charge in [-0.15, -0.1) is 0 Å². The topological polar surface area (TPSA) is 25.2 Å². The van der Waals surface area contributed by atoms with E-state index in [0.29, 0.717) is 0 Å². The normalized spacial score (nSPS) is 13.2. The Bertz CT molecular complexity index is 1190. The molecule has 0 saturated heterocycles. The number of para-hydroxylation sites is 3. The molecule has 4 heteroatoms. The number of hydrogen-bond donors (Lipinski definition) is 0. The Morgan fingerprint density at radius 1 is 1.12 bits per heavy atom. The van der Waals surface area contributed by atoms with E-state index in [0.717, 1.165) is 33.7 Å². The van der Waals surface area contributed by atoms with E-state index < -0.39 is 0 Å². The van der Waals surface area contributed by atoms with Crippen LogP contribution in [-0.2, 0) is 0 Å². The van der Waals surface area contributed by atoms with Crippen LogP contribution < -0.4 is 0 Å². The largest absolute Gasteiger partial charge is 0.312 e. The van der Waals surface area contributed by atoms with Gasteiger partial charge >= 0.3 is 5.78 Å². The zero-order valence-corrected chi connectivity index (χ0v) is 14.8. The van der Waals surface area contributed by atoms with E-state index >= 15 is 0 Å². The molecule has 0 fully saturated rings. The molecule has 0 spiro atoms. The molecule has 0 aliphatic rings. The molecule has 2 aromatic carbocycles. The van der Waals surface area contributed by atoms with Crippen LogP contribution in [0.1, 0.15) is 12.5 Å². The molecule has 0 bridgehead atoms. The Labute approximate surface area is 146 Å². The van der Waals surface area contributed by atoms with Crippen LogP contribution in [0.4, 0.5) is 0 Å². The third-order valence-corrected chi connectivity index (χ3v) is 4.67. The molecule has 0 atom stereocenters. The van der Waals surface area contributed by atoms with Crippen molar-refractivity contribution in [3.8, 4) is 0 Å². The molecule has 25 heavy (non-hydrogen) atoms. The first-order valence-electron chi connectivity index (χ1n) is 8.40. The molecule has 0 aliphatic heterocycles. The highest BCUT2D eigenvalue weighted by Gasteiger charge is 2.26. The lowest BCUT2D eigenvalue weighted by Crippen LogP contribution is -2.12. The summed E-state index contributed by atoms with van der Waals surface area (Å²) in [6.45, 7) is 8.06. The molecule has 4 nitrogen and oxygen atoms in total. The number of allylic oxidation sites excluding steroid dienone is 2. The minimum atomic E-state index is 0.910. The SMILES string of the molecule is C=C/C=C(n1c2c(C)cccc2n2c3ccccc3nc12)\[N+](C)=C/C. The Morgan fingerprint density at radius 3 is 2.64 bits per heavy atom. The highest BCUT2D eigenvalue weighted by atomic mass is 15.3. The standard InChI is InChI=1S/C21H21N4/c1-5-10-19(23(4)6-2)25-20-15(3)11-9-14-18(20)24-17-13-8-7-12-16(17)22-21(24)25/h5-14H,1H2,2-4H3/q+1/b19-10+,23-6-. The fourth-order valence-corrected chi connectivity index (χ4v) is 3.42. The second-order valence-corrected chi connectivity index (χ2v) is 6.14. The summed E-state index contributed by atoms with van der Waals surface area (Å²) in [6, 6.07) is 14.7. The molecule has 2 heterocycles. The highest BCUT2D eigenvalue weighted by molar-refractivity contribution is 5.94. The zero-order chi connectivity index (χ0) is 17.6. The Balaban J connectivity index is 2.29. The first-order valence-corrected chi connectivity index (χ1v) is 8.40. The number of aromatic nitrogens is 3. The maximum atomic E-state index is 4.92. The van der Waals surface area contributed by atoms with Crippen LogP contribution in [0.5, 0.6) is 0 Å². The second kappa shape index (κ2) is 5.74. The summed E-state index contributed by atoms with van der Waals surface area (Å²) in [7, 11) is 2.04. The third kappa shape index (κ3) is 2.14. The van der Waals surface area contributed by atoms with Crippen molar-refractivity contribution >= 4 is 39.9 Å². The van der Waals surface area contributed by atoms with E-state index in [1.807, 2.05) is 38.4 Å². The van der Waals surface area contributed by atoms with Gasteiger partial charge in [-0.1, -0.05) is 36.9 Å². The predicted octanol–water partition coefficient (Wildman–Crippen LogP) is 4.47. The molecule has 0 radical (unpaired) electrons. The lowest BCUT2D eigenvalue weighted by molar-refractivity contribution is -0.397. The van der Waals surface area contributed by atoms with Gasteiger partial charge in [0.1, 0.15) is 0 Å². The molecule has 4 rings (SSSR count). The van der Waals surface area contributed by atoms with E-state index in [9.17, 15) is 0 Å². The van der Waals surface area contributed by atoms with E-state index in [-0.39, 0.29) is 0 Å². The predicted molar refractivity (Wildman–Crippen MR) is 105 cm³/mol. The number of imidazole rings is 2. The van der Waals surface area contributed by atoms with Gasteiger partial charge in [-0.3, -0.25) is 4.40 Å². The first-order chi connectivity index (χ1) is 12.2. The molecular formula is C21H21N4+. The van der Waals surface area contributed by atoms with Gasteiger partial charge in [0.2, 0.25) is 0 Å². The van der Waals surface area contributed by atoms with Crippen molar-refractivity contribution in [1.29, 1.82) is 0 Å². The quantitative estimate of drug-likeness (QED) is 0.309. The van der Waals surface area contributed by atoms with Crippen LogP contribution in [0, 0.1) is 6.92 Å². The summed E-state index contributed by atoms with van der Waals surface area (Å²) in [6.07, 6.45) is 5.88. The van der Waals surface area contributed by atoms with Crippen LogP contribution in [0.15, 0.2) is 61.2 Å². The first kappa shape index (κ1) is 15.4. The maximum absolute atomic E-state index is 4.92. The average Bonchev–Trinajstić information content (AvgIpc) is 3.15. The Kier molecular flexibility index (Phi) is 3.53. The smallest absolute Gasteiger partial charge is 0.254 e. The van der Waals surface area contributed by atoms with Crippen molar-refractivity contribution in [2.24, 2.45) is 0 Å². The monoisotopic (exact) mass is 329 g/mol. The van der Waals surface area contributed by atoms with Crippen LogP contribution in [0.25, 0.3) is 33.7 Å². The van der Waals surface area contributed by atoms with Crippen molar-refractivity contribution in [1.82, 2.24) is 14.0 Å². The summed E-state index contributed by atoms with van der Waals surface area (Å²) in [5, 5.41) is 0. The molecule has 0 N–H and O–H groups in total. The molecule has 124 valence electrons. The van der Waals surface area contributed by atoms with Crippen molar-refractivity contribution in [2.75, 3.05) is 7.05 Å². The molecule has 2 aromatic heterocycles. The summed E-state index contributed by atoms with van der Waals surface area (Å²) < 4.78 is 6.54. The van der Waals surface area contributed by atoms with Crippen LogP contribution in [0.3, 0.4) is 0 Å². The number of rotatable bonds is 3. The molecular weight excluding hydrogens is 308 g/mol. The maximum Gasteiger partial charge on any atom is 0.312 e. The highest BCUT2D eigenvalue weighted by Crippen LogP contribution is 2.30. The van der Waals surface area contributed by atoms with Crippen molar-refractivity contribution in [2.45, 2.75) is 13.8 Å². The van der Waals surface area contributed by atoms with Crippen molar-refractivity contribution in [3.63, 3.8) is 0 Å². The van der Waals surface area contributed by atoms with Gasteiger partial charge in [0.15, 0.2) is 5.52 Å². The third-order valence-electron chi connectivity index (χ3n) is 4.67. The van der Waals surface area contributed by atoms with Gasteiger partial charge in [0.25, 0.3) is 5.82 Å². The fourth-order valence-electron chi connectivity index (χ4n) is 3.42. The van der Waals surface area contributed by atoms with E-state index in [2.05, 4.69) is 63.4 Å². The number of hydrogen-bond acceptors (Lipinski definition) is 1. The van der Waals surface area contributed by atoms with Gasteiger partial charge in [-0.2, -0.15) is 9.55 Å². The fraction of sp³-hybridized carbons (Fsp3) is 0.143. The number of fused-ring (bicyclic) bond motifs is 5. The van der Waals surface area contributed by atoms with Gasteiger partial charge < -0.3 is 0 Å². The lowest BCUT2D eigenvalue weighted by Gasteiger charge is -2.05. The van der Waals surface area contributed by atoms with Crippen LogP contribution in [0.2, 0.25) is 0 Å². The average molecular weight is 329 g/mol. The molecule has 0 saturated carbocycles. The molecule has 4 aromatic rings. The van der Waals surface area contributed by atoms with Gasteiger partial charge in [0, 0.05) is 6.08 Å². The summed E-state index contributed by atoms with van der Waals surface area (Å²) in [5.41, 5.74) is 5.65. The molecule has 0 amide bonds.